The van der Waals surface area contributed by atoms with Crippen LogP contribution in [0.2, 0.25) is 5.02 Å². The van der Waals surface area contributed by atoms with Gasteiger partial charge in [-0.05, 0) is 23.6 Å². The third-order valence-electron chi connectivity index (χ3n) is 1.13. The Labute approximate surface area is 85.5 Å². The quantitative estimate of drug-likeness (QED) is 0.729. The highest BCUT2D eigenvalue weighted by Crippen LogP contribution is 2.10. The van der Waals surface area contributed by atoms with Crippen molar-refractivity contribution in [2.24, 2.45) is 0 Å². The van der Waals surface area contributed by atoms with Crippen molar-refractivity contribution >= 4 is 22.9 Å². The fourth-order valence-electron chi connectivity index (χ4n) is 0.599. The normalized spacial score (nSPS) is 8.69. The summed E-state index contributed by atoms with van der Waals surface area (Å²) in [4.78, 5) is 3.75. The van der Waals surface area contributed by atoms with Gasteiger partial charge in [-0.3, -0.25) is 4.98 Å². The number of hydrogen-bond acceptors (Lipinski definition) is 3. The van der Waals surface area contributed by atoms with E-state index in [0.29, 0.717) is 10.8 Å². The van der Waals surface area contributed by atoms with Gasteiger partial charge in [0, 0.05) is 17.8 Å². The van der Waals surface area contributed by atoms with E-state index in [1.165, 1.54) is 11.3 Å². The van der Waals surface area contributed by atoms with E-state index in [1.807, 2.05) is 5.38 Å². The topological polar surface area (TPSA) is 33.1 Å². The Kier molecular flexibility index (Phi) is 4.29. The lowest BCUT2D eigenvalue weighted by Crippen LogP contribution is -1.64. The van der Waals surface area contributed by atoms with Gasteiger partial charge in [-0.2, -0.15) is 0 Å². The van der Waals surface area contributed by atoms with E-state index in [-0.39, 0.29) is 0 Å². The van der Waals surface area contributed by atoms with Gasteiger partial charge in [0.1, 0.15) is 5.75 Å². The minimum Gasteiger partial charge on any atom is -0.507 e. The van der Waals surface area contributed by atoms with Gasteiger partial charge >= 0.3 is 0 Å². The molecule has 2 rings (SSSR count). The molecule has 2 heterocycles. The first-order valence-electron chi connectivity index (χ1n) is 3.56. The molecular formula is C9H8ClNOS. The molecule has 0 aliphatic heterocycles. The first-order chi connectivity index (χ1) is 6.29. The lowest BCUT2D eigenvalue weighted by atomic mass is 10.5. The van der Waals surface area contributed by atoms with E-state index >= 15 is 0 Å². The van der Waals surface area contributed by atoms with E-state index in [9.17, 15) is 0 Å². The average Bonchev–Trinajstić information content (AvgIpc) is 2.58. The van der Waals surface area contributed by atoms with Crippen molar-refractivity contribution in [3.05, 3.63) is 46.4 Å². The molecule has 2 aromatic rings. The summed E-state index contributed by atoms with van der Waals surface area (Å²) >= 11 is 6.97. The predicted molar refractivity (Wildman–Crippen MR) is 55.2 cm³/mol. The van der Waals surface area contributed by atoms with Crippen LogP contribution in [-0.4, -0.2) is 10.1 Å². The van der Waals surface area contributed by atoms with Gasteiger partial charge in [-0.1, -0.05) is 11.6 Å². The minimum atomic E-state index is 0.361. The number of pyridine rings is 1. The zero-order chi connectivity index (χ0) is 9.52. The first-order valence-corrected chi connectivity index (χ1v) is 4.88. The second kappa shape index (κ2) is 5.56. The highest BCUT2D eigenvalue weighted by molar-refractivity contribution is 7.08. The van der Waals surface area contributed by atoms with Crippen molar-refractivity contribution in [3.63, 3.8) is 0 Å². The molecule has 0 atom stereocenters. The number of halogens is 1. The number of thiophene rings is 1. The van der Waals surface area contributed by atoms with Crippen molar-refractivity contribution in [1.29, 1.82) is 0 Å². The van der Waals surface area contributed by atoms with Crippen LogP contribution in [0.3, 0.4) is 0 Å². The number of nitrogens with zero attached hydrogens (tertiary/aromatic N) is 1. The molecule has 0 amide bonds. The van der Waals surface area contributed by atoms with E-state index in [4.69, 9.17) is 16.7 Å². The van der Waals surface area contributed by atoms with Crippen LogP contribution in [0.15, 0.2) is 41.4 Å². The van der Waals surface area contributed by atoms with Gasteiger partial charge in [0.2, 0.25) is 0 Å². The van der Waals surface area contributed by atoms with Crippen LogP contribution in [0.4, 0.5) is 0 Å². The Hall–Kier alpha value is -1.06. The van der Waals surface area contributed by atoms with Crippen LogP contribution in [-0.2, 0) is 0 Å². The second-order valence-corrected chi connectivity index (χ2v) is 3.37. The van der Waals surface area contributed by atoms with Gasteiger partial charge in [0.25, 0.3) is 0 Å². The van der Waals surface area contributed by atoms with Crippen molar-refractivity contribution in [1.82, 2.24) is 4.98 Å². The molecule has 2 nitrogen and oxygen atoms in total. The molecule has 13 heavy (non-hydrogen) atoms. The molecule has 0 spiro atoms. The first kappa shape index (κ1) is 10.0. The second-order valence-electron chi connectivity index (χ2n) is 2.15. The molecule has 0 fully saturated rings. The molecule has 0 saturated carbocycles. The van der Waals surface area contributed by atoms with Crippen molar-refractivity contribution < 1.29 is 5.11 Å². The summed E-state index contributed by atoms with van der Waals surface area (Å²) < 4.78 is 0. The van der Waals surface area contributed by atoms with Crippen LogP contribution in [0.5, 0.6) is 5.75 Å². The molecule has 0 aromatic carbocycles. The van der Waals surface area contributed by atoms with Gasteiger partial charge in [-0.15, -0.1) is 11.3 Å². The van der Waals surface area contributed by atoms with Crippen LogP contribution >= 0.6 is 22.9 Å². The number of rotatable bonds is 0. The average molecular weight is 214 g/mol. The molecular weight excluding hydrogens is 206 g/mol. The number of aromatic nitrogens is 1. The summed E-state index contributed by atoms with van der Waals surface area (Å²) in [6.45, 7) is 0. The monoisotopic (exact) mass is 213 g/mol. The zero-order valence-corrected chi connectivity index (χ0v) is 8.29. The highest BCUT2D eigenvalue weighted by Gasteiger charge is 1.77. The lowest BCUT2D eigenvalue weighted by Gasteiger charge is -1.79. The molecule has 0 aliphatic rings. The fraction of sp³-hybridized carbons (Fsp3) is 0. The zero-order valence-electron chi connectivity index (χ0n) is 6.72. The van der Waals surface area contributed by atoms with Crippen molar-refractivity contribution in [2.45, 2.75) is 0 Å². The smallest absolute Gasteiger partial charge is 0.126 e. The molecule has 2 aromatic heterocycles. The van der Waals surface area contributed by atoms with Gasteiger partial charge < -0.3 is 5.11 Å². The maximum absolute atomic E-state index is 8.48. The van der Waals surface area contributed by atoms with Gasteiger partial charge in [-0.25, -0.2) is 0 Å². The Morgan fingerprint density at radius 3 is 2.46 bits per heavy atom. The van der Waals surface area contributed by atoms with Crippen LogP contribution in [0, 0.1) is 0 Å². The predicted octanol–water partition coefficient (Wildman–Crippen LogP) is 3.19. The van der Waals surface area contributed by atoms with E-state index in [2.05, 4.69) is 4.98 Å². The lowest BCUT2D eigenvalue weighted by molar-refractivity contribution is 0.478. The molecule has 68 valence electrons. The van der Waals surface area contributed by atoms with Crippen LogP contribution in [0.1, 0.15) is 0 Å². The standard InChI is InChI=1S/C5H4ClN.C4H4OS/c6-5-2-1-3-7-4-5;5-4-1-2-6-3-4/h1-4H;1-3,5H. The third-order valence-corrected chi connectivity index (χ3v) is 2.03. The Bertz CT molecular complexity index is 323. The third kappa shape index (κ3) is 4.50. The molecule has 0 saturated heterocycles. The summed E-state index contributed by atoms with van der Waals surface area (Å²) in [5, 5.41) is 12.7. The Morgan fingerprint density at radius 2 is 2.23 bits per heavy atom. The molecule has 4 heteroatoms. The van der Waals surface area contributed by atoms with E-state index in [0.717, 1.165) is 0 Å². The van der Waals surface area contributed by atoms with Crippen molar-refractivity contribution in [2.75, 3.05) is 0 Å². The SMILES string of the molecule is Clc1cccnc1.Oc1ccsc1. The van der Waals surface area contributed by atoms with Crippen LogP contribution < -0.4 is 0 Å². The fourth-order valence-corrected chi connectivity index (χ4v) is 1.24. The van der Waals surface area contributed by atoms with Crippen LogP contribution in [0.25, 0.3) is 0 Å². The van der Waals surface area contributed by atoms with Crippen molar-refractivity contribution in [3.8, 4) is 5.75 Å². The number of hydrogen-bond donors (Lipinski definition) is 1. The van der Waals surface area contributed by atoms with E-state index in [1.54, 1.807) is 36.0 Å². The number of aromatic hydroxyl groups is 1. The van der Waals surface area contributed by atoms with E-state index < -0.39 is 0 Å². The molecule has 0 aliphatic carbocycles. The van der Waals surface area contributed by atoms with Gasteiger partial charge in [0.15, 0.2) is 0 Å². The Morgan fingerprint density at radius 1 is 1.38 bits per heavy atom. The summed E-state index contributed by atoms with van der Waals surface area (Å²) in [7, 11) is 0. The molecule has 0 radical (unpaired) electrons. The summed E-state index contributed by atoms with van der Waals surface area (Å²) in [6.07, 6.45) is 3.29. The molecule has 1 N–H and O–H groups in total. The summed E-state index contributed by atoms with van der Waals surface area (Å²) in [5.41, 5.74) is 0. The maximum atomic E-state index is 8.48. The maximum Gasteiger partial charge on any atom is 0.126 e. The Balaban J connectivity index is 0.000000132. The molecule has 0 bridgehead atoms. The minimum absolute atomic E-state index is 0.361. The summed E-state index contributed by atoms with van der Waals surface area (Å²) in [6, 6.07) is 5.24. The highest BCUT2D eigenvalue weighted by atomic mass is 35.5. The largest absolute Gasteiger partial charge is 0.507 e. The van der Waals surface area contributed by atoms with Gasteiger partial charge in [0.05, 0.1) is 5.02 Å². The molecule has 0 unspecified atom stereocenters. The summed E-state index contributed by atoms with van der Waals surface area (Å²) in [5.74, 6) is 0.361.